The lowest BCUT2D eigenvalue weighted by Crippen LogP contribution is -2.30. The van der Waals surface area contributed by atoms with E-state index in [1.54, 1.807) is 13.2 Å². The second kappa shape index (κ2) is 9.19. The quantitative estimate of drug-likeness (QED) is 0.725. The lowest BCUT2D eigenvalue weighted by Gasteiger charge is -2.14. The molecule has 112 valence electrons. The van der Waals surface area contributed by atoms with Crippen LogP contribution in [0.25, 0.3) is 0 Å². The van der Waals surface area contributed by atoms with Gasteiger partial charge in [-0.2, -0.15) is 0 Å². The molecule has 0 saturated heterocycles. The number of ether oxygens (including phenoxy) is 1. The van der Waals surface area contributed by atoms with E-state index in [1.807, 2.05) is 19.1 Å². The van der Waals surface area contributed by atoms with Gasteiger partial charge < -0.3 is 15.4 Å². The van der Waals surface area contributed by atoms with Crippen LogP contribution in [0.3, 0.4) is 0 Å². The van der Waals surface area contributed by atoms with Crippen molar-refractivity contribution in [2.45, 2.75) is 19.4 Å². The van der Waals surface area contributed by atoms with Crippen LogP contribution in [0.15, 0.2) is 18.2 Å². The maximum absolute atomic E-state index is 11.5. The summed E-state index contributed by atoms with van der Waals surface area (Å²) >= 11 is 11.9. The lowest BCUT2D eigenvalue weighted by atomic mass is 10.1. The Labute approximate surface area is 129 Å². The molecule has 1 atom stereocenters. The van der Waals surface area contributed by atoms with E-state index in [0.717, 1.165) is 5.56 Å². The van der Waals surface area contributed by atoms with Crippen LogP contribution >= 0.6 is 23.2 Å². The number of benzene rings is 1. The van der Waals surface area contributed by atoms with Crippen LogP contribution in [0.2, 0.25) is 10.0 Å². The largest absolute Gasteiger partial charge is 0.383 e. The molecule has 6 heteroatoms. The van der Waals surface area contributed by atoms with Gasteiger partial charge in [-0.25, -0.2) is 0 Å². The number of halogens is 2. The lowest BCUT2D eigenvalue weighted by molar-refractivity contribution is -0.121. The molecule has 2 N–H and O–H groups in total. The first-order valence-corrected chi connectivity index (χ1v) is 7.24. The Balaban J connectivity index is 2.30. The smallest absolute Gasteiger partial charge is 0.221 e. The van der Waals surface area contributed by atoms with Crippen molar-refractivity contribution in [2.75, 3.05) is 26.8 Å². The van der Waals surface area contributed by atoms with E-state index in [4.69, 9.17) is 27.9 Å². The molecule has 1 aromatic carbocycles. The van der Waals surface area contributed by atoms with Crippen LogP contribution in [-0.2, 0) is 9.53 Å². The molecule has 0 aliphatic carbocycles. The van der Waals surface area contributed by atoms with Crippen molar-refractivity contribution in [1.29, 1.82) is 0 Å². The highest BCUT2D eigenvalue weighted by Crippen LogP contribution is 2.25. The molecule has 0 heterocycles. The van der Waals surface area contributed by atoms with E-state index in [0.29, 0.717) is 36.2 Å². The molecule has 1 amide bonds. The fraction of sp³-hybridized carbons (Fsp3) is 0.500. The molecule has 4 nitrogen and oxygen atoms in total. The van der Waals surface area contributed by atoms with Crippen LogP contribution < -0.4 is 10.6 Å². The van der Waals surface area contributed by atoms with Gasteiger partial charge in [0.15, 0.2) is 0 Å². The highest BCUT2D eigenvalue weighted by atomic mass is 35.5. The van der Waals surface area contributed by atoms with Gasteiger partial charge >= 0.3 is 0 Å². The Hall–Kier alpha value is -0.810. The third-order valence-corrected chi connectivity index (χ3v) is 3.61. The third-order valence-electron chi connectivity index (χ3n) is 2.87. The molecule has 1 rings (SSSR count). The van der Waals surface area contributed by atoms with Gasteiger partial charge in [0.1, 0.15) is 0 Å². The Bertz CT molecular complexity index is 441. The van der Waals surface area contributed by atoms with Crippen LogP contribution in [0, 0.1) is 0 Å². The molecule has 1 unspecified atom stereocenters. The molecule has 0 fully saturated rings. The number of hydrogen-bond donors (Lipinski definition) is 2. The molecule has 1 aromatic rings. The molecular formula is C14H20Cl2N2O2. The van der Waals surface area contributed by atoms with Gasteiger partial charge in [0.05, 0.1) is 16.7 Å². The molecule has 0 aliphatic heterocycles. The summed E-state index contributed by atoms with van der Waals surface area (Å²) in [6.45, 7) is 3.68. The molecule has 0 aliphatic rings. The first-order chi connectivity index (χ1) is 9.54. The molecule has 0 bridgehead atoms. The minimum atomic E-state index is 0.0101. The van der Waals surface area contributed by atoms with E-state index in [1.165, 1.54) is 0 Å². The monoisotopic (exact) mass is 318 g/mol. The summed E-state index contributed by atoms with van der Waals surface area (Å²) in [7, 11) is 1.60. The topological polar surface area (TPSA) is 50.4 Å². The Morgan fingerprint density at radius 2 is 2.05 bits per heavy atom. The standard InChI is InChI=1S/C14H20Cl2N2O2/c1-10(11-3-4-12(15)13(16)9-11)17-6-5-14(19)18-7-8-20-2/h3-4,9-10,17H,5-8H2,1-2H3,(H,18,19). The average molecular weight is 319 g/mol. The minimum absolute atomic E-state index is 0.0101. The first kappa shape index (κ1) is 17.2. The number of carbonyl (C=O) groups excluding carboxylic acids is 1. The highest BCUT2D eigenvalue weighted by molar-refractivity contribution is 6.42. The van der Waals surface area contributed by atoms with Crippen molar-refractivity contribution in [3.63, 3.8) is 0 Å². The summed E-state index contributed by atoms with van der Waals surface area (Å²) in [6.07, 6.45) is 0.426. The van der Waals surface area contributed by atoms with E-state index < -0.39 is 0 Å². The highest BCUT2D eigenvalue weighted by Gasteiger charge is 2.08. The Morgan fingerprint density at radius 3 is 2.70 bits per heavy atom. The van der Waals surface area contributed by atoms with Gasteiger partial charge in [0, 0.05) is 32.7 Å². The van der Waals surface area contributed by atoms with Crippen LogP contribution in [0.5, 0.6) is 0 Å². The van der Waals surface area contributed by atoms with E-state index in [-0.39, 0.29) is 11.9 Å². The molecule has 0 radical (unpaired) electrons. The molecule has 0 saturated carbocycles. The zero-order valence-electron chi connectivity index (χ0n) is 11.7. The van der Waals surface area contributed by atoms with Crippen LogP contribution in [0.4, 0.5) is 0 Å². The van der Waals surface area contributed by atoms with Crippen molar-refractivity contribution in [2.24, 2.45) is 0 Å². The Kier molecular flexibility index (Phi) is 7.92. The summed E-state index contributed by atoms with van der Waals surface area (Å²) in [4.78, 5) is 11.5. The predicted octanol–water partition coefficient (Wildman–Crippen LogP) is 2.80. The minimum Gasteiger partial charge on any atom is -0.383 e. The molecule has 20 heavy (non-hydrogen) atoms. The first-order valence-electron chi connectivity index (χ1n) is 6.48. The van der Waals surface area contributed by atoms with Gasteiger partial charge in [-0.15, -0.1) is 0 Å². The number of amides is 1. The maximum atomic E-state index is 11.5. The second-order valence-electron chi connectivity index (χ2n) is 4.44. The summed E-state index contributed by atoms with van der Waals surface area (Å²) in [5.74, 6) is 0.0101. The predicted molar refractivity (Wildman–Crippen MR) is 82.4 cm³/mol. The number of methoxy groups -OCH3 is 1. The zero-order chi connectivity index (χ0) is 15.0. The molecule has 0 spiro atoms. The van der Waals surface area contributed by atoms with E-state index in [2.05, 4.69) is 10.6 Å². The van der Waals surface area contributed by atoms with Gasteiger partial charge in [0.25, 0.3) is 0 Å². The van der Waals surface area contributed by atoms with Crippen molar-refractivity contribution in [3.05, 3.63) is 33.8 Å². The van der Waals surface area contributed by atoms with Crippen molar-refractivity contribution in [1.82, 2.24) is 10.6 Å². The van der Waals surface area contributed by atoms with Crippen molar-refractivity contribution in [3.8, 4) is 0 Å². The van der Waals surface area contributed by atoms with Crippen LogP contribution in [-0.4, -0.2) is 32.7 Å². The SMILES string of the molecule is COCCNC(=O)CCNC(C)c1ccc(Cl)c(Cl)c1. The summed E-state index contributed by atoms with van der Waals surface area (Å²) in [5.41, 5.74) is 1.04. The van der Waals surface area contributed by atoms with Crippen molar-refractivity contribution < 1.29 is 9.53 Å². The normalized spacial score (nSPS) is 12.2. The fourth-order valence-electron chi connectivity index (χ4n) is 1.68. The van der Waals surface area contributed by atoms with E-state index in [9.17, 15) is 4.79 Å². The summed E-state index contributed by atoms with van der Waals surface area (Å²) < 4.78 is 4.86. The van der Waals surface area contributed by atoms with Crippen LogP contribution in [0.1, 0.15) is 24.9 Å². The van der Waals surface area contributed by atoms with Gasteiger partial charge in [0.2, 0.25) is 5.91 Å². The average Bonchev–Trinajstić information content (AvgIpc) is 2.42. The van der Waals surface area contributed by atoms with Gasteiger partial charge in [-0.05, 0) is 24.6 Å². The summed E-state index contributed by atoms with van der Waals surface area (Å²) in [6, 6.07) is 5.64. The van der Waals surface area contributed by atoms with Crippen molar-refractivity contribution >= 4 is 29.1 Å². The molecular weight excluding hydrogens is 299 g/mol. The third kappa shape index (κ3) is 6.09. The van der Waals surface area contributed by atoms with E-state index >= 15 is 0 Å². The number of hydrogen-bond acceptors (Lipinski definition) is 3. The zero-order valence-corrected chi connectivity index (χ0v) is 13.2. The number of carbonyl (C=O) groups is 1. The summed E-state index contributed by atoms with van der Waals surface area (Å²) in [5, 5.41) is 7.12. The second-order valence-corrected chi connectivity index (χ2v) is 5.26. The van der Waals surface area contributed by atoms with Gasteiger partial charge in [-0.1, -0.05) is 29.3 Å². The molecule has 0 aromatic heterocycles. The maximum Gasteiger partial charge on any atom is 0.221 e. The van der Waals surface area contributed by atoms with Gasteiger partial charge in [-0.3, -0.25) is 4.79 Å². The number of rotatable bonds is 8. The fourth-order valence-corrected chi connectivity index (χ4v) is 1.99. The number of nitrogens with one attached hydrogen (secondary N) is 2. The Morgan fingerprint density at radius 1 is 1.30 bits per heavy atom.